The van der Waals surface area contributed by atoms with Crippen LogP contribution in [-0.4, -0.2) is 32.0 Å². The summed E-state index contributed by atoms with van der Waals surface area (Å²) in [4.78, 5) is 23.7. The van der Waals surface area contributed by atoms with Crippen LogP contribution in [0.1, 0.15) is 50.6 Å². The molecule has 0 spiro atoms. The number of nitrogens with zero attached hydrogens (tertiary/aromatic N) is 3. The molecule has 2 N–H and O–H groups in total. The lowest BCUT2D eigenvalue weighted by atomic mass is 10.1. The van der Waals surface area contributed by atoms with E-state index in [9.17, 15) is 27.2 Å². The molecule has 7 nitrogen and oxygen atoms in total. The third kappa shape index (κ3) is 5.05. The number of halogens is 4. The van der Waals surface area contributed by atoms with Gasteiger partial charge < -0.3 is 10.4 Å². The van der Waals surface area contributed by atoms with Gasteiger partial charge >= 0.3 is 12.1 Å². The van der Waals surface area contributed by atoms with Gasteiger partial charge in [-0.15, -0.1) is 5.10 Å². The highest BCUT2D eigenvalue weighted by atomic mass is 19.4. The predicted molar refractivity (Wildman–Crippen MR) is 99.8 cm³/mol. The Morgan fingerprint density at radius 2 is 1.71 bits per heavy atom. The SMILES string of the molecule is CC(NC(=O)c1c(C(F)(F)F)nnn1Cc1ccc(F)cc1)c1ccc(C(=O)O)cc1. The molecular formula is C20H16F4N4O3. The topological polar surface area (TPSA) is 97.1 Å². The lowest BCUT2D eigenvalue weighted by Crippen LogP contribution is -2.31. The van der Waals surface area contributed by atoms with Crippen LogP contribution >= 0.6 is 0 Å². The molecule has 0 aliphatic carbocycles. The molecule has 1 heterocycles. The fraction of sp³-hybridized carbons (Fsp3) is 0.200. The van der Waals surface area contributed by atoms with Gasteiger partial charge in [-0.2, -0.15) is 13.2 Å². The van der Waals surface area contributed by atoms with Crippen molar-refractivity contribution in [2.24, 2.45) is 0 Å². The molecular weight excluding hydrogens is 420 g/mol. The average Bonchev–Trinajstić information content (AvgIpc) is 3.14. The van der Waals surface area contributed by atoms with E-state index in [4.69, 9.17) is 5.11 Å². The summed E-state index contributed by atoms with van der Waals surface area (Å²) < 4.78 is 54.1. The van der Waals surface area contributed by atoms with Crippen molar-refractivity contribution in [3.8, 4) is 0 Å². The molecule has 3 aromatic rings. The molecule has 1 amide bonds. The zero-order valence-electron chi connectivity index (χ0n) is 16.0. The lowest BCUT2D eigenvalue weighted by Gasteiger charge is -2.16. The number of amides is 1. The van der Waals surface area contributed by atoms with E-state index in [1.54, 1.807) is 0 Å². The first kappa shape index (κ1) is 21.9. The van der Waals surface area contributed by atoms with Gasteiger partial charge in [0, 0.05) is 0 Å². The summed E-state index contributed by atoms with van der Waals surface area (Å²) in [5.74, 6) is -2.71. The van der Waals surface area contributed by atoms with Crippen molar-refractivity contribution in [1.82, 2.24) is 20.3 Å². The molecule has 0 radical (unpaired) electrons. The maximum atomic E-state index is 13.4. The second-order valence-electron chi connectivity index (χ2n) is 6.69. The number of carbonyl (C=O) groups excluding carboxylic acids is 1. The Kier molecular flexibility index (Phi) is 6.04. The van der Waals surface area contributed by atoms with Crippen LogP contribution in [0.15, 0.2) is 48.5 Å². The number of carboxylic acid groups (broad SMARTS) is 1. The van der Waals surface area contributed by atoms with Crippen LogP contribution < -0.4 is 5.32 Å². The van der Waals surface area contributed by atoms with Crippen molar-refractivity contribution < 1.29 is 32.3 Å². The van der Waals surface area contributed by atoms with Crippen LogP contribution in [0.25, 0.3) is 0 Å². The lowest BCUT2D eigenvalue weighted by molar-refractivity contribution is -0.141. The van der Waals surface area contributed by atoms with E-state index in [2.05, 4.69) is 15.6 Å². The van der Waals surface area contributed by atoms with Crippen molar-refractivity contribution in [2.75, 3.05) is 0 Å². The molecule has 0 aliphatic rings. The van der Waals surface area contributed by atoms with Crippen molar-refractivity contribution in [3.05, 3.63) is 82.4 Å². The number of benzene rings is 2. The van der Waals surface area contributed by atoms with Gasteiger partial charge in [0.1, 0.15) is 5.82 Å². The van der Waals surface area contributed by atoms with Gasteiger partial charge in [-0.25, -0.2) is 13.9 Å². The highest BCUT2D eigenvalue weighted by molar-refractivity contribution is 5.94. The van der Waals surface area contributed by atoms with Gasteiger partial charge in [-0.1, -0.05) is 29.5 Å². The molecule has 162 valence electrons. The van der Waals surface area contributed by atoms with Crippen LogP contribution in [0.3, 0.4) is 0 Å². The van der Waals surface area contributed by atoms with E-state index >= 15 is 0 Å². The highest BCUT2D eigenvalue weighted by Gasteiger charge is 2.41. The maximum Gasteiger partial charge on any atom is 0.437 e. The Bertz CT molecular complexity index is 1090. The minimum atomic E-state index is -4.92. The summed E-state index contributed by atoms with van der Waals surface area (Å²) in [6, 6.07) is 9.81. The molecule has 11 heteroatoms. The van der Waals surface area contributed by atoms with Gasteiger partial charge in [0.25, 0.3) is 5.91 Å². The second kappa shape index (κ2) is 8.54. The van der Waals surface area contributed by atoms with Gasteiger partial charge in [0.05, 0.1) is 18.2 Å². The van der Waals surface area contributed by atoms with Crippen molar-refractivity contribution in [2.45, 2.75) is 25.7 Å². The molecule has 0 fully saturated rings. The van der Waals surface area contributed by atoms with E-state index in [0.717, 1.165) is 16.8 Å². The van der Waals surface area contributed by atoms with Gasteiger partial charge in [0.2, 0.25) is 0 Å². The molecule has 0 bridgehead atoms. The Morgan fingerprint density at radius 3 is 2.26 bits per heavy atom. The first-order valence-corrected chi connectivity index (χ1v) is 8.95. The number of carbonyl (C=O) groups is 2. The first-order valence-electron chi connectivity index (χ1n) is 8.95. The van der Waals surface area contributed by atoms with Crippen LogP contribution in [0.2, 0.25) is 0 Å². The van der Waals surface area contributed by atoms with Gasteiger partial charge in [-0.05, 0) is 42.3 Å². The molecule has 0 aliphatic heterocycles. The summed E-state index contributed by atoms with van der Waals surface area (Å²) in [5, 5.41) is 18.0. The molecule has 3 rings (SSSR count). The Balaban J connectivity index is 1.88. The molecule has 1 atom stereocenters. The molecule has 31 heavy (non-hydrogen) atoms. The fourth-order valence-corrected chi connectivity index (χ4v) is 2.86. The Morgan fingerprint density at radius 1 is 1.10 bits per heavy atom. The largest absolute Gasteiger partial charge is 0.478 e. The average molecular weight is 436 g/mol. The minimum absolute atomic E-state index is 0.0307. The summed E-state index contributed by atoms with van der Waals surface area (Å²) in [5.41, 5.74) is -1.29. The number of carboxylic acids is 1. The fourth-order valence-electron chi connectivity index (χ4n) is 2.86. The summed E-state index contributed by atoms with van der Waals surface area (Å²) in [7, 11) is 0. The number of hydrogen-bond donors (Lipinski definition) is 2. The van der Waals surface area contributed by atoms with E-state index in [1.165, 1.54) is 43.3 Å². The smallest absolute Gasteiger partial charge is 0.437 e. The third-order valence-corrected chi connectivity index (χ3v) is 4.47. The van der Waals surface area contributed by atoms with Gasteiger partial charge in [-0.3, -0.25) is 4.79 Å². The zero-order valence-corrected chi connectivity index (χ0v) is 16.0. The number of hydrogen-bond acceptors (Lipinski definition) is 4. The van der Waals surface area contributed by atoms with E-state index in [0.29, 0.717) is 11.1 Å². The summed E-state index contributed by atoms with van der Waals surface area (Å²) in [6.45, 7) is 1.31. The van der Waals surface area contributed by atoms with Crippen LogP contribution in [0, 0.1) is 5.82 Å². The quantitative estimate of drug-likeness (QED) is 0.575. The number of aromatic carboxylic acids is 1. The van der Waals surface area contributed by atoms with E-state index in [-0.39, 0.29) is 12.1 Å². The molecule has 1 unspecified atom stereocenters. The summed E-state index contributed by atoms with van der Waals surface area (Å²) >= 11 is 0. The van der Waals surface area contributed by atoms with Gasteiger partial charge in [0.15, 0.2) is 11.4 Å². The summed E-state index contributed by atoms with van der Waals surface area (Å²) in [6.07, 6.45) is -4.92. The number of alkyl halides is 3. The number of rotatable bonds is 6. The molecule has 0 saturated carbocycles. The zero-order chi connectivity index (χ0) is 22.8. The van der Waals surface area contributed by atoms with Crippen molar-refractivity contribution in [3.63, 3.8) is 0 Å². The normalized spacial score (nSPS) is 12.4. The Labute approximate surface area is 173 Å². The minimum Gasteiger partial charge on any atom is -0.478 e. The molecule has 1 aromatic heterocycles. The van der Waals surface area contributed by atoms with Crippen molar-refractivity contribution in [1.29, 1.82) is 0 Å². The standard InChI is InChI=1S/C20H16F4N4O3/c1-11(13-4-6-14(7-5-13)19(30)31)25-18(29)16-17(20(22,23)24)26-27-28(16)10-12-2-8-15(21)9-3-12/h2-9,11H,10H2,1H3,(H,25,29)(H,30,31). The number of aromatic nitrogens is 3. The molecule has 2 aromatic carbocycles. The van der Waals surface area contributed by atoms with Crippen LogP contribution in [0.4, 0.5) is 17.6 Å². The monoisotopic (exact) mass is 436 g/mol. The van der Waals surface area contributed by atoms with Crippen LogP contribution in [0.5, 0.6) is 0 Å². The van der Waals surface area contributed by atoms with E-state index < -0.39 is 41.3 Å². The number of nitrogens with one attached hydrogen (secondary N) is 1. The van der Waals surface area contributed by atoms with Crippen LogP contribution in [-0.2, 0) is 12.7 Å². The second-order valence-corrected chi connectivity index (χ2v) is 6.69. The Hall–Kier alpha value is -3.76. The highest BCUT2D eigenvalue weighted by Crippen LogP contribution is 2.30. The van der Waals surface area contributed by atoms with E-state index in [1.807, 2.05) is 0 Å². The van der Waals surface area contributed by atoms with Crippen molar-refractivity contribution >= 4 is 11.9 Å². The maximum absolute atomic E-state index is 13.4. The predicted octanol–water partition coefficient (Wildman–Crippen LogP) is 3.67. The third-order valence-electron chi connectivity index (χ3n) is 4.47. The molecule has 0 saturated heterocycles. The first-order chi connectivity index (χ1) is 14.6.